The molecule has 0 aliphatic rings. The Bertz CT molecular complexity index is 1110. The second kappa shape index (κ2) is 11.1. The van der Waals surface area contributed by atoms with E-state index >= 15 is 0 Å². The fourth-order valence-electron chi connectivity index (χ4n) is 3.60. The third kappa shape index (κ3) is 5.97. The van der Waals surface area contributed by atoms with Gasteiger partial charge >= 0.3 is 0 Å². The van der Waals surface area contributed by atoms with E-state index in [2.05, 4.69) is 29.0 Å². The largest absolute Gasteiger partial charge is 0.307 e. The van der Waals surface area contributed by atoms with Crippen LogP contribution in [0.3, 0.4) is 0 Å². The first-order valence-corrected chi connectivity index (χ1v) is 10.9. The zero-order chi connectivity index (χ0) is 24.0. The van der Waals surface area contributed by atoms with Crippen LogP contribution in [-0.4, -0.2) is 45.6 Å². The van der Waals surface area contributed by atoms with E-state index in [1.807, 2.05) is 25.1 Å². The highest BCUT2D eigenvalue weighted by Crippen LogP contribution is 2.24. The minimum absolute atomic E-state index is 0.206. The molecule has 0 fully saturated rings. The molecule has 0 radical (unpaired) electrons. The van der Waals surface area contributed by atoms with Crippen LogP contribution in [0, 0.1) is 11.6 Å². The van der Waals surface area contributed by atoms with Crippen molar-refractivity contribution in [3.05, 3.63) is 89.5 Å². The van der Waals surface area contributed by atoms with Crippen LogP contribution in [0.2, 0.25) is 0 Å². The number of nitrogens with one attached hydrogen (secondary N) is 1. The van der Waals surface area contributed by atoms with Gasteiger partial charge in [-0.05, 0) is 69.4 Å². The van der Waals surface area contributed by atoms with Crippen molar-refractivity contribution >= 4 is 5.78 Å². The summed E-state index contributed by atoms with van der Waals surface area (Å²) in [7, 11) is 3.79. The molecular formula is C25H29F2N5O. The standard InChI is InChI=1S/C25H29F2N5O/c1-5-7-20(6-2)28-15-23-29-30-24(16-31(3)4)32(23)22-14-19(27)12-13-21(22)25(33)17-8-10-18(26)11-9-17/h5,8-14,20,28H,1,6-7,15-16H2,2-4H3. The lowest BCUT2D eigenvalue weighted by Crippen LogP contribution is -2.29. The van der Waals surface area contributed by atoms with Crippen LogP contribution >= 0.6 is 0 Å². The molecule has 1 N–H and O–H groups in total. The lowest BCUT2D eigenvalue weighted by atomic mass is 10.0. The van der Waals surface area contributed by atoms with Crippen molar-refractivity contribution in [2.45, 2.75) is 38.9 Å². The molecule has 0 aliphatic carbocycles. The molecule has 6 nitrogen and oxygen atoms in total. The lowest BCUT2D eigenvalue weighted by Gasteiger charge is -2.18. The third-order valence-electron chi connectivity index (χ3n) is 5.30. The maximum absolute atomic E-state index is 14.4. The van der Waals surface area contributed by atoms with Crippen LogP contribution in [0.1, 0.15) is 47.3 Å². The minimum atomic E-state index is -0.484. The van der Waals surface area contributed by atoms with Gasteiger partial charge in [0.25, 0.3) is 0 Å². The van der Waals surface area contributed by atoms with Crippen molar-refractivity contribution in [2.24, 2.45) is 0 Å². The van der Waals surface area contributed by atoms with E-state index in [9.17, 15) is 13.6 Å². The van der Waals surface area contributed by atoms with E-state index in [1.54, 1.807) is 4.57 Å². The zero-order valence-electron chi connectivity index (χ0n) is 19.2. The van der Waals surface area contributed by atoms with Gasteiger partial charge in [0.15, 0.2) is 17.4 Å². The van der Waals surface area contributed by atoms with E-state index in [0.717, 1.165) is 12.8 Å². The van der Waals surface area contributed by atoms with Gasteiger partial charge in [0.05, 0.1) is 18.8 Å². The van der Waals surface area contributed by atoms with Crippen LogP contribution in [-0.2, 0) is 13.1 Å². The van der Waals surface area contributed by atoms with E-state index in [4.69, 9.17) is 0 Å². The smallest absolute Gasteiger partial charge is 0.195 e. The number of nitrogens with zero attached hydrogens (tertiary/aromatic N) is 4. The van der Waals surface area contributed by atoms with Gasteiger partial charge in [-0.1, -0.05) is 13.0 Å². The summed E-state index contributed by atoms with van der Waals surface area (Å²) >= 11 is 0. The molecule has 0 aliphatic heterocycles. The summed E-state index contributed by atoms with van der Waals surface area (Å²) in [6.45, 7) is 6.70. The maximum atomic E-state index is 14.4. The van der Waals surface area contributed by atoms with Gasteiger partial charge in [0, 0.05) is 17.2 Å². The first-order chi connectivity index (χ1) is 15.8. The molecule has 3 aromatic rings. The first-order valence-electron chi connectivity index (χ1n) is 10.9. The fourth-order valence-corrected chi connectivity index (χ4v) is 3.60. The number of rotatable bonds is 11. The van der Waals surface area contributed by atoms with Gasteiger partial charge in [-0.3, -0.25) is 9.36 Å². The van der Waals surface area contributed by atoms with Crippen molar-refractivity contribution < 1.29 is 13.6 Å². The third-order valence-corrected chi connectivity index (χ3v) is 5.30. The Morgan fingerprint density at radius 1 is 1.12 bits per heavy atom. The van der Waals surface area contributed by atoms with Gasteiger partial charge in [-0.25, -0.2) is 8.78 Å². The zero-order valence-corrected chi connectivity index (χ0v) is 19.2. The second-order valence-electron chi connectivity index (χ2n) is 8.11. The second-order valence-corrected chi connectivity index (χ2v) is 8.11. The maximum Gasteiger partial charge on any atom is 0.195 e. The monoisotopic (exact) mass is 453 g/mol. The number of hydrogen-bond acceptors (Lipinski definition) is 5. The molecule has 174 valence electrons. The molecule has 0 spiro atoms. The Morgan fingerprint density at radius 3 is 2.42 bits per heavy atom. The predicted molar refractivity (Wildman–Crippen MR) is 124 cm³/mol. The highest BCUT2D eigenvalue weighted by molar-refractivity contribution is 6.11. The lowest BCUT2D eigenvalue weighted by molar-refractivity contribution is 0.103. The SMILES string of the molecule is C=CCC(CC)NCc1nnc(CN(C)C)n1-c1cc(F)ccc1C(=O)c1ccc(F)cc1. The Morgan fingerprint density at radius 2 is 1.79 bits per heavy atom. The Hall–Kier alpha value is -3.23. The Kier molecular flexibility index (Phi) is 8.19. The summed E-state index contributed by atoms with van der Waals surface area (Å²) in [6, 6.07) is 9.49. The van der Waals surface area contributed by atoms with E-state index in [1.165, 1.54) is 42.5 Å². The van der Waals surface area contributed by atoms with Crippen molar-refractivity contribution in [1.29, 1.82) is 0 Å². The topological polar surface area (TPSA) is 63.1 Å². The van der Waals surface area contributed by atoms with E-state index in [0.29, 0.717) is 36.0 Å². The number of aromatic nitrogens is 3. The van der Waals surface area contributed by atoms with E-state index < -0.39 is 11.6 Å². The summed E-state index contributed by atoms with van der Waals surface area (Å²) in [6.07, 6.45) is 3.55. The van der Waals surface area contributed by atoms with Crippen molar-refractivity contribution in [3.8, 4) is 5.69 Å². The van der Waals surface area contributed by atoms with Crippen molar-refractivity contribution in [1.82, 2.24) is 25.0 Å². The van der Waals surface area contributed by atoms with Gasteiger partial charge < -0.3 is 10.2 Å². The summed E-state index contributed by atoms with van der Waals surface area (Å²) in [5.74, 6) is -0.120. The van der Waals surface area contributed by atoms with Gasteiger partial charge in [-0.2, -0.15) is 0 Å². The number of halogens is 2. The molecule has 1 atom stereocenters. The minimum Gasteiger partial charge on any atom is -0.307 e. The van der Waals surface area contributed by atoms with Gasteiger partial charge in [0.1, 0.15) is 11.6 Å². The molecule has 1 aromatic heterocycles. The van der Waals surface area contributed by atoms with Crippen molar-refractivity contribution in [3.63, 3.8) is 0 Å². The Balaban J connectivity index is 2.09. The van der Waals surface area contributed by atoms with Gasteiger partial charge in [0.2, 0.25) is 0 Å². The summed E-state index contributed by atoms with van der Waals surface area (Å²) in [5, 5.41) is 12.1. The molecule has 2 aromatic carbocycles. The first kappa shape index (κ1) is 24.4. The molecule has 8 heteroatoms. The molecule has 0 saturated carbocycles. The average molecular weight is 454 g/mol. The Labute approximate surface area is 192 Å². The molecule has 0 saturated heterocycles. The molecule has 0 bridgehead atoms. The van der Waals surface area contributed by atoms with Crippen LogP contribution in [0.25, 0.3) is 5.69 Å². The number of carbonyl (C=O) groups excluding carboxylic acids is 1. The molecule has 1 heterocycles. The van der Waals surface area contributed by atoms with E-state index in [-0.39, 0.29) is 17.4 Å². The molecule has 1 unspecified atom stereocenters. The predicted octanol–water partition coefficient (Wildman–Crippen LogP) is 4.28. The summed E-state index contributed by atoms with van der Waals surface area (Å²) in [5.41, 5.74) is 0.935. The van der Waals surface area contributed by atoms with Crippen LogP contribution < -0.4 is 5.32 Å². The molecule has 3 rings (SSSR count). The number of carbonyl (C=O) groups is 1. The van der Waals surface area contributed by atoms with Crippen LogP contribution in [0.15, 0.2) is 55.1 Å². The summed E-state index contributed by atoms with van der Waals surface area (Å²) < 4.78 is 29.5. The summed E-state index contributed by atoms with van der Waals surface area (Å²) in [4.78, 5) is 15.2. The normalized spacial score (nSPS) is 12.2. The number of benzene rings is 2. The van der Waals surface area contributed by atoms with Crippen LogP contribution in [0.4, 0.5) is 8.78 Å². The van der Waals surface area contributed by atoms with Gasteiger partial charge in [-0.15, -0.1) is 16.8 Å². The van der Waals surface area contributed by atoms with Crippen LogP contribution in [0.5, 0.6) is 0 Å². The van der Waals surface area contributed by atoms with Crippen molar-refractivity contribution in [2.75, 3.05) is 14.1 Å². The molecule has 33 heavy (non-hydrogen) atoms. The average Bonchev–Trinajstić information content (AvgIpc) is 3.18. The molecular weight excluding hydrogens is 424 g/mol. The quantitative estimate of drug-likeness (QED) is 0.347. The fraction of sp³-hybridized carbons (Fsp3) is 0.320. The molecule has 0 amide bonds. The number of hydrogen-bond donors (Lipinski definition) is 1. The highest BCUT2D eigenvalue weighted by atomic mass is 19.1. The number of ketones is 1. The highest BCUT2D eigenvalue weighted by Gasteiger charge is 2.22.